The lowest BCUT2D eigenvalue weighted by atomic mass is 10.2. The Hall–Kier alpha value is -2.45. The number of amides is 1. The number of anilines is 2. The fourth-order valence-electron chi connectivity index (χ4n) is 2.60. The predicted molar refractivity (Wildman–Crippen MR) is 106 cm³/mol. The molecule has 2 rings (SSSR count). The van der Waals surface area contributed by atoms with E-state index in [0.29, 0.717) is 16.5 Å². The predicted octanol–water partition coefficient (Wildman–Crippen LogP) is 3.15. The number of rotatable bonds is 7. The van der Waals surface area contributed by atoms with Gasteiger partial charge in [0.15, 0.2) is 0 Å². The number of methoxy groups -OCH3 is 2. The summed E-state index contributed by atoms with van der Waals surface area (Å²) >= 11 is 6.03. The molecule has 146 valence electrons. The molecule has 0 aromatic heterocycles. The van der Waals surface area contributed by atoms with Crippen LogP contribution in [0.25, 0.3) is 0 Å². The van der Waals surface area contributed by atoms with Crippen LogP contribution in [-0.4, -0.2) is 40.8 Å². The van der Waals surface area contributed by atoms with E-state index in [2.05, 4.69) is 5.32 Å². The number of hydrogen-bond acceptors (Lipinski definition) is 5. The average molecular weight is 413 g/mol. The van der Waals surface area contributed by atoms with Crippen LogP contribution in [0, 0.1) is 0 Å². The Labute approximate surface area is 163 Å². The van der Waals surface area contributed by atoms with Gasteiger partial charge in [0.05, 0.1) is 31.9 Å². The Morgan fingerprint density at radius 2 is 1.74 bits per heavy atom. The highest BCUT2D eigenvalue weighted by Crippen LogP contribution is 2.34. The number of nitrogens with zero attached hydrogens (tertiary/aromatic N) is 1. The van der Waals surface area contributed by atoms with Gasteiger partial charge in [0.2, 0.25) is 15.9 Å². The van der Waals surface area contributed by atoms with Crippen molar-refractivity contribution in [3.05, 3.63) is 47.5 Å². The third kappa shape index (κ3) is 4.84. The lowest BCUT2D eigenvalue weighted by molar-refractivity contribution is -0.116. The van der Waals surface area contributed by atoms with Crippen molar-refractivity contribution in [1.29, 1.82) is 0 Å². The lowest BCUT2D eigenvalue weighted by Gasteiger charge is -2.29. The van der Waals surface area contributed by atoms with E-state index in [0.717, 1.165) is 10.6 Å². The summed E-state index contributed by atoms with van der Waals surface area (Å²) in [5.74, 6) is 0.206. The first kappa shape index (κ1) is 20.9. The van der Waals surface area contributed by atoms with Crippen molar-refractivity contribution in [3.63, 3.8) is 0 Å². The lowest BCUT2D eigenvalue weighted by Crippen LogP contribution is -2.45. The molecule has 9 heteroatoms. The molecule has 0 spiro atoms. The number of hydrogen-bond donors (Lipinski definition) is 1. The molecule has 0 aliphatic carbocycles. The van der Waals surface area contributed by atoms with E-state index in [1.807, 2.05) is 0 Å². The number of para-hydroxylation sites is 2. The molecule has 0 aliphatic heterocycles. The summed E-state index contributed by atoms with van der Waals surface area (Å²) in [6.07, 6.45) is 1.01. The number of nitrogens with one attached hydrogen (secondary N) is 1. The van der Waals surface area contributed by atoms with Crippen LogP contribution < -0.4 is 19.1 Å². The fourth-order valence-corrected chi connectivity index (χ4v) is 3.94. The number of benzene rings is 2. The van der Waals surface area contributed by atoms with Crippen molar-refractivity contribution in [3.8, 4) is 11.5 Å². The minimum Gasteiger partial charge on any atom is -0.495 e. The molecule has 2 aromatic carbocycles. The quantitative estimate of drug-likeness (QED) is 0.755. The molecule has 0 aliphatic rings. The minimum atomic E-state index is -3.82. The molecule has 0 radical (unpaired) electrons. The monoisotopic (exact) mass is 412 g/mol. The summed E-state index contributed by atoms with van der Waals surface area (Å²) in [7, 11) is -0.927. The summed E-state index contributed by atoms with van der Waals surface area (Å²) in [6.45, 7) is 1.48. The van der Waals surface area contributed by atoms with Gasteiger partial charge in [-0.25, -0.2) is 8.42 Å². The van der Waals surface area contributed by atoms with Gasteiger partial charge in [-0.05, 0) is 37.3 Å². The van der Waals surface area contributed by atoms with Crippen LogP contribution in [0.2, 0.25) is 5.02 Å². The molecule has 2 aromatic rings. The Bertz CT molecular complexity index is 933. The molecular formula is C18H21ClN2O5S. The molecule has 0 saturated carbocycles. The number of ether oxygens (including phenoxy) is 2. The van der Waals surface area contributed by atoms with Crippen molar-refractivity contribution in [2.75, 3.05) is 30.1 Å². The standard InChI is InChI=1S/C18H21ClN2O5S/c1-12(18(22)20-14-7-5-6-8-16(14)25-2)21(27(4,23)24)15-11-13(19)9-10-17(15)26-3/h5-12H,1-4H3,(H,20,22)/t12-/m0/s1. The molecule has 0 bridgehead atoms. The van der Waals surface area contributed by atoms with Gasteiger partial charge in [-0.2, -0.15) is 0 Å². The highest BCUT2D eigenvalue weighted by molar-refractivity contribution is 7.92. The number of carbonyl (C=O) groups excluding carboxylic acids is 1. The first-order chi connectivity index (χ1) is 12.7. The molecule has 1 N–H and O–H groups in total. The smallest absolute Gasteiger partial charge is 0.248 e. The highest BCUT2D eigenvalue weighted by atomic mass is 35.5. The number of carbonyl (C=O) groups is 1. The number of halogens is 1. The van der Waals surface area contributed by atoms with E-state index < -0.39 is 22.0 Å². The topological polar surface area (TPSA) is 84.9 Å². The maximum atomic E-state index is 12.8. The second kappa shape index (κ2) is 8.49. The SMILES string of the molecule is COc1ccccc1NC(=O)[C@H](C)N(c1cc(Cl)ccc1OC)S(C)(=O)=O. The minimum absolute atomic E-state index is 0.176. The third-order valence-corrected chi connectivity index (χ3v) is 5.29. The fraction of sp³-hybridized carbons (Fsp3) is 0.278. The molecule has 1 atom stereocenters. The van der Waals surface area contributed by atoms with Crippen LogP contribution in [0.15, 0.2) is 42.5 Å². The zero-order chi connectivity index (χ0) is 20.2. The third-order valence-electron chi connectivity index (χ3n) is 3.83. The van der Waals surface area contributed by atoms with Crippen molar-refractivity contribution >= 4 is 38.9 Å². The maximum Gasteiger partial charge on any atom is 0.248 e. The zero-order valence-electron chi connectivity index (χ0n) is 15.4. The Kier molecular flexibility index (Phi) is 6.56. The van der Waals surface area contributed by atoms with E-state index in [1.165, 1.54) is 27.2 Å². The maximum absolute atomic E-state index is 12.8. The largest absolute Gasteiger partial charge is 0.495 e. The van der Waals surface area contributed by atoms with E-state index in [-0.39, 0.29) is 11.4 Å². The Morgan fingerprint density at radius 1 is 1.11 bits per heavy atom. The van der Waals surface area contributed by atoms with Crippen molar-refractivity contribution in [2.45, 2.75) is 13.0 Å². The van der Waals surface area contributed by atoms with Gasteiger partial charge in [0.1, 0.15) is 17.5 Å². The summed E-state index contributed by atoms with van der Waals surface area (Å²) in [6, 6.07) is 10.3. The summed E-state index contributed by atoms with van der Waals surface area (Å²) in [5.41, 5.74) is 0.610. The first-order valence-corrected chi connectivity index (χ1v) is 10.2. The second-order valence-electron chi connectivity index (χ2n) is 5.74. The molecule has 0 heterocycles. The molecule has 0 saturated heterocycles. The number of sulfonamides is 1. The van der Waals surface area contributed by atoms with E-state index in [1.54, 1.807) is 36.4 Å². The molecule has 0 unspecified atom stereocenters. The van der Waals surface area contributed by atoms with Gasteiger partial charge in [-0.15, -0.1) is 0 Å². The van der Waals surface area contributed by atoms with Gasteiger partial charge in [0.25, 0.3) is 0 Å². The van der Waals surface area contributed by atoms with E-state index in [4.69, 9.17) is 21.1 Å². The summed E-state index contributed by atoms with van der Waals surface area (Å²) in [4.78, 5) is 12.8. The molecule has 1 amide bonds. The second-order valence-corrected chi connectivity index (χ2v) is 8.04. The molecule has 7 nitrogen and oxygen atoms in total. The zero-order valence-corrected chi connectivity index (χ0v) is 17.0. The van der Waals surface area contributed by atoms with Gasteiger partial charge >= 0.3 is 0 Å². The molecular weight excluding hydrogens is 392 g/mol. The van der Waals surface area contributed by atoms with Crippen LogP contribution in [0.1, 0.15) is 6.92 Å². The van der Waals surface area contributed by atoms with Gasteiger partial charge in [0, 0.05) is 5.02 Å². The van der Waals surface area contributed by atoms with Crippen molar-refractivity contribution < 1.29 is 22.7 Å². The van der Waals surface area contributed by atoms with Crippen LogP contribution in [0.3, 0.4) is 0 Å². The first-order valence-electron chi connectivity index (χ1n) is 7.96. The van der Waals surface area contributed by atoms with Gasteiger partial charge in [-0.1, -0.05) is 23.7 Å². The molecule has 27 heavy (non-hydrogen) atoms. The van der Waals surface area contributed by atoms with Crippen molar-refractivity contribution in [2.24, 2.45) is 0 Å². The van der Waals surface area contributed by atoms with E-state index >= 15 is 0 Å². The summed E-state index contributed by atoms with van der Waals surface area (Å²) in [5, 5.41) is 3.01. The normalized spacial score (nSPS) is 12.2. The van der Waals surface area contributed by atoms with Gasteiger partial charge < -0.3 is 14.8 Å². The van der Waals surface area contributed by atoms with Crippen LogP contribution in [0.5, 0.6) is 11.5 Å². The van der Waals surface area contributed by atoms with Crippen LogP contribution in [-0.2, 0) is 14.8 Å². The Balaban J connectivity index is 2.43. The average Bonchev–Trinajstić information content (AvgIpc) is 2.61. The van der Waals surface area contributed by atoms with E-state index in [9.17, 15) is 13.2 Å². The van der Waals surface area contributed by atoms with Gasteiger partial charge in [-0.3, -0.25) is 9.10 Å². The van der Waals surface area contributed by atoms with Crippen LogP contribution in [0.4, 0.5) is 11.4 Å². The van der Waals surface area contributed by atoms with Crippen LogP contribution >= 0.6 is 11.6 Å². The highest BCUT2D eigenvalue weighted by Gasteiger charge is 2.31. The molecule has 0 fully saturated rings. The Morgan fingerprint density at radius 3 is 2.33 bits per heavy atom. The van der Waals surface area contributed by atoms with Crippen molar-refractivity contribution in [1.82, 2.24) is 0 Å². The summed E-state index contributed by atoms with van der Waals surface area (Å²) < 4.78 is 36.3.